The number of halogens is 1. The number of fused-ring (bicyclic) bond motifs is 5. The van der Waals surface area contributed by atoms with Gasteiger partial charge in [0, 0.05) is 20.6 Å². The van der Waals surface area contributed by atoms with Crippen molar-refractivity contribution in [1.29, 1.82) is 0 Å². The lowest BCUT2D eigenvalue weighted by molar-refractivity contribution is 1.72. The first-order chi connectivity index (χ1) is 10.3. The molecule has 0 fully saturated rings. The predicted molar refractivity (Wildman–Crippen MR) is 92.9 cm³/mol. The van der Waals surface area contributed by atoms with Gasteiger partial charge in [-0.2, -0.15) is 0 Å². The fourth-order valence-corrected chi connectivity index (χ4v) is 3.56. The van der Waals surface area contributed by atoms with Crippen LogP contribution in [0.5, 0.6) is 0 Å². The Labute approximate surface area is 130 Å². The fraction of sp³-hybridized carbons (Fsp3) is 0. The molecule has 0 spiro atoms. The summed E-state index contributed by atoms with van der Waals surface area (Å²) in [5, 5.41) is 5.70. The van der Waals surface area contributed by atoms with Gasteiger partial charge in [0.2, 0.25) is 0 Å². The summed E-state index contributed by atoms with van der Waals surface area (Å²) in [6.07, 6.45) is 0. The van der Waals surface area contributed by atoms with Crippen molar-refractivity contribution in [3.63, 3.8) is 0 Å². The van der Waals surface area contributed by atoms with E-state index in [-0.39, 0.29) is 5.43 Å². The van der Waals surface area contributed by atoms with E-state index in [0.29, 0.717) is 0 Å². The van der Waals surface area contributed by atoms with Crippen LogP contribution >= 0.6 is 15.9 Å². The van der Waals surface area contributed by atoms with Gasteiger partial charge in [-0.15, -0.1) is 0 Å². The zero-order valence-electron chi connectivity index (χ0n) is 11.1. The summed E-state index contributed by atoms with van der Waals surface area (Å²) in [6, 6.07) is 21.8. The molecule has 21 heavy (non-hydrogen) atoms. The molecule has 0 radical (unpaired) electrons. The Morgan fingerprint density at radius 2 is 1.10 bits per heavy atom. The van der Waals surface area contributed by atoms with E-state index in [1.165, 1.54) is 0 Å². The molecule has 0 saturated heterocycles. The van der Waals surface area contributed by atoms with E-state index in [9.17, 15) is 4.79 Å². The van der Waals surface area contributed by atoms with Gasteiger partial charge >= 0.3 is 0 Å². The quantitative estimate of drug-likeness (QED) is 0.428. The summed E-state index contributed by atoms with van der Waals surface area (Å²) >= 11 is 3.61. The van der Waals surface area contributed by atoms with E-state index in [1.54, 1.807) is 0 Å². The number of hydrogen-bond donors (Lipinski definition) is 0. The third kappa shape index (κ3) is 1.79. The van der Waals surface area contributed by atoms with Crippen molar-refractivity contribution >= 4 is 48.2 Å². The highest BCUT2D eigenvalue weighted by molar-refractivity contribution is 9.10. The third-order valence-electron chi connectivity index (χ3n) is 3.92. The summed E-state index contributed by atoms with van der Waals surface area (Å²) < 4.78 is 0.952. The van der Waals surface area contributed by atoms with Crippen molar-refractivity contribution in [2.24, 2.45) is 0 Å². The minimum absolute atomic E-state index is 0.0816. The lowest BCUT2D eigenvalue weighted by atomic mass is 10.1. The maximum Gasteiger partial charge on any atom is 0.194 e. The maximum atomic E-state index is 12.9. The van der Waals surface area contributed by atoms with Crippen LogP contribution in [-0.2, 0) is 0 Å². The first-order valence-electron chi connectivity index (χ1n) is 6.79. The average Bonchev–Trinajstić information content (AvgIpc) is 2.64. The smallest absolute Gasteiger partial charge is 0.194 e. The summed E-state index contributed by atoms with van der Waals surface area (Å²) in [5.41, 5.74) is 0.0816. The molecule has 0 aliphatic carbocycles. The van der Waals surface area contributed by atoms with Gasteiger partial charge in [-0.05, 0) is 22.2 Å². The Morgan fingerprint density at radius 1 is 0.571 bits per heavy atom. The van der Waals surface area contributed by atoms with E-state index in [1.807, 2.05) is 54.6 Å². The van der Waals surface area contributed by atoms with Crippen LogP contribution in [0.2, 0.25) is 0 Å². The highest BCUT2D eigenvalue weighted by Crippen LogP contribution is 2.32. The largest absolute Gasteiger partial charge is 0.289 e. The first-order valence-corrected chi connectivity index (χ1v) is 7.58. The van der Waals surface area contributed by atoms with Crippen molar-refractivity contribution in [2.45, 2.75) is 0 Å². The van der Waals surface area contributed by atoms with E-state index in [0.717, 1.165) is 36.8 Å². The zero-order chi connectivity index (χ0) is 14.4. The molecular formula is C19H11BrO. The van der Waals surface area contributed by atoms with E-state index < -0.39 is 0 Å². The molecule has 0 unspecified atom stereocenters. The van der Waals surface area contributed by atoms with Gasteiger partial charge in [-0.1, -0.05) is 76.6 Å². The van der Waals surface area contributed by atoms with E-state index >= 15 is 0 Å². The lowest BCUT2D eigenvalue weighted by Crippen LogP contribution is -1.97. The monoisotopic (exact) mass is 334 g/mol. The van der Waals surface area contributed by atoms with Crippen LogP contribution in [0.1, 0.15) is 0 Å². The highest BCUT2D eigenvalue weighted by atomic mass is 79.9. The second-order valence-electron chi connectivity index (χ2n) is 5.08. The van der Waals surface area contributed by atoms with Gasteiger partial charge in [0.25, 0.3) is 0 Å². The number of rotatable bonds is 0. The maximum absolute atomic E-state index is 12.9. The van der Waals surface area contributed by atoms with Gasteiger partial charge in [0.15, 0.2) is 5.43 Å². The Bertz CT molecular complexity index is 1070. The molecule has 0 aliphatic rings. The SMILES string of the molecule is O=c1c2ccccc2c2ccccc2c2c(Br)cccc12. The summed E-state index contributed by atoms with van der Waals surface area (Å²) in [5.74, 6) is 0. The van der Waals surface area contributed by atoms with Gasteiger partial charge in [0.05, 0.1) is 0 Å². The Hall–Kier alpha value is -2.19. The van der Waals surface area contributed by atoms with Gasteiger partial charge in [0.1, 0.15) is 0 Å². The Kier molecular flexibility index (Phi) is 2.79. The van der Waals surface area contributed by atoms with Crippen LogP contribution in [0.4, 0.5) is 0 Å². The lowest BCUT2D eigenvalue weighted by Gasteiger charge is -2.00. The third-order valence-corrected chi connectivity index (χ3v) is 4.58. The van der Waals surface area contributed by atoms with E-state index in [2.05, 4.69) is 28.1 Å². The second kappa shape index (κ2) is 4.68. The van der Waals surface area contributed by atoms with Crippen molar-refractivity contribution < 1.29 is 0 Å². The number of benzene rings is 3. The molecular weight excluding hydrogens is 324 g/mol. The molecule has 0 aliphatic heterocycles. The molecule has 0 amide bonds. The molecule has 2 heteroatoms. The molecule has 4 aromatic rings. The molecule has 0 N–H and O–H groups in total. The molecule has 0 atom stereocenters. The van der Waals surface area contributed by atoms with Crippen LogP contribution in [0.25, 0.3) is 32.3 Å². The van der Waals surface area contributed by atoms with Crippen LogP contribution in [0.15, 0.2) is 76.0 Å². The molecule has 100 valence electrons. The average molecular weight is 335 g/mol. The van der Waals surface area contributed by atoms with Crippen molar-refractivity contribution in [2.75, 3.05) is 0 Å². The molecule has 1 nitrogen and oxygen atoms in total. The fourth-order valence-electron chi connectivity index (χ4n) is 2.98. The Morgan fingerprint density at radius 3 is 1.81 bits per heavy atom. The molecule has 0 saturated carbocycles. The second-order valence-corrected chi connectivity index (χ2v) is 5.94. The minimum Gasteiger partial charge on any atom is -0.289 e. The molecule has 4 aromatic carbocycles. The molecule has 0 bridgehead atoms. The van der Waals surface area contributed by atoms with Crippen molar-refractivity contribution in [1.82, 2.24) is 0 Å². The number of hydrogen-bond acceptors (Lipinski definition) is 1. The van der Waals surface area contributed by atoms with Crippen molar-refractivity contribution in [3.05, 3.63) is 81.4 Å². The zero-order valence-corrected chi connectivity index (χ0v) is 12.7. The van der Waals surface area contributed by atoms with Crippen molar-refractivity contribution in [3.8, 4) is 0 Å². The summed E-state index contributed by atoms with van der Waals surface area (Å²) in [7, 11) is 0. The standard InChI is InChI=1S/C19H11BrO/c20-17-11-5-10-16-18(17)14-8-3-1-6-12(14)13-7-2-4-9-15(13)19(16)21/h1-11H. The van der Waals surface area contributed by atoms with E-state index in [4.69, 9.17) is 0 Å². The van der Waals surface area contributed by atoms with Gasteiger partial charge in [-0.3, -0.25) is 4.79 Å². The normalized spacial score (nSPS) is 11.3. The van der Waals surface area contributed by atoms with Crippen LogP contribution in [0.3, 0.4) is 0 Å². The first kappa shape index (κ1) is 12.5. The highest BCUT2D eigenvalue weighted by Gasteiger charge is 2.09. The molecule has 4 rings (SSSR count). The van der Waals surface area contributed by atoms with Crippen LogP contribution in [-0.4, -0.2) is 0 Å². The Balaban J connectivity index is 2.56. The predicted octanol–water partition coefficient (Wildman–Crippen LogP) is 5.27. The minimum atomic E-state index is 0.0816. The topological polar surface area (TPSA) is 17.1 Å². The van der Waals surface area contributed by atoms with Gasteiger partial charge < -0.3 is 0 Å². The molecule has 0 heterocycles. The summed E-state index contributed by atoms with van der Waals surface area (Å²) in [4.78, 5) is 12.9. The van der Waals surface area contributed by atoms with Gasteiger partial charge in [-0.25, -0.2) is 0 Å². The summed E-state index contributed by atoms with van der Waals surface area (Å²) in [6.45, 7) is 0. The molecule has 0 aromatic heterocycles. The van der Waals surface area contributed by atoms with Crippen LogP contribution in [0, 0.1) is 0 Å². The van der Waals surface area contributed by atoms with Crippen LogP contribution < -0.4 is 5.43 Å².